The zero-order chi connectivity index (χ0) is 12.9. The molecule has 19 heavy (non-hydrogen) atoms. The summed E-state index contributed by atoms with van der Waals surface area (Å²) < 4.78 is 8.98. The zero-order valence-electron chi connectivity index (χ0n) is 10.3. The molecule has 1 aromatic heterocycles. The van der Waals surface area contributed by atoms with E-state index in [2.05, 4.69) is 66.0 Å². The molecule has 1 radical (unpaired) electrons. The van der Waals surface area contributed by atoms with Crippen molar-refractivity contribution >= 4 is 34.8 Å². The van der Waals surface area contributed by atoms with Crippen molar-refractivity contribution in [3.63, 3.8) is 0 Å². The Labute approximate surface area is 121 Å². The second kappa shape index (κ2) is 6.08. The molecule has 3 heteroatoms. The molecule has 0 aliphatic rings. The summed E-state index contributed by atoms with van der Waals surface area (Å²) in [6.45, 7) is 0. The van der Waals surface area contributed by atoms with Gasteiger partial charge in [-0.3, -0.25) is 0 Å². The van der Waals surface area contributed by atoms with Crippen LogP contribution in [0.2, 0.25) is 0 Å². The third-order valence-corrected chi connectivity index (χ3v) is 8.31. The van der Waals surface area contributed by atoms with E-state index in [1.54, 1.807) is 11.3 Å². The Morgan fingerprint density at radius 2 is 1.26 bits per heavy atom. The molecule has 2 aromatic carbocycles. The standard InChI is InChI=1S/C16H13GeOS/c1-3-8-14(9-4-1)17(15-10-5-2-6-11-15)18-16-12-7-13-19-16/h1-13H. The first-order valence-electron chi connectivity index (χ1n) is 6.12. The van der Waals surface area contributed by atoms with Crippen LogP contribution in [-0.2, 0) is 0 Å². The average molecular weight is 326 g/mol. The maximum absolute atomic E-state index is 6.31. The summed E-state index contributed by atoms with van der Waals surface area (Å²) in [5.74, 6) is 0. The molecular formula is C16H13GeOS. The predicted molar refractivity (Wildman–Crippen MR) is 82.9 cm³/mol. The van der Waals surface area contributed by atoms with Crippen molar-refractivity contribution in [1.82, 2.24) is 0 Å². The first kappa shape index (κ1) is 12.5. The molecule has 0 fully saturated rings. The Bertz CT molecular complexity index is 568. The Hall–Kier alpha value is -1.52. The summed E-state index contributed by atoms with van der Waals surface area (Å²) in [7, 11) is 0. The van der Waals surface area contributed by atoms with Crippen LogP contribution >= 0.6 is 11.3 Å². The van der Waals surface area contributed by atoms with Crippen LogP contribution in [0.25, 0.3) is 0 Å². The summed E-state index contributed by atoms with van der Waals surface area (Å²) in [5, 5.41) is 3.07. The van der Waals surface area contributed by atoms with Gasteiger partial charge in [0.15, 0.2) is 0 Å². The van der Waals surface area contributed by atoms with Gasteiger partial charge < -0.3 is 0 Å². The third-order valence-electron chi connectivity index (χ3n) is 2.77. The monoisotopic (exact) mass is 327 g/mol. The minimum absolute atomic E-state index is 1.02. The van der Waals surface area contributed by atoms with Crippen molar-refractivity contribution in [3.05, 3.63) is 78.2 Å². The van der Waals surface area contributed by atoms with Gasteiger partial charge in [-0.1, -0.05) is 0 Å². The second-order valence-electron chi connectivity index (χ2n) is 4.10. The Morgan fingerprint density at radius 3 is 1.74 bits per heavy atom. The van der Waals surface area contributed by atoms with E-state index >= 15 is 0 Å². The summed E-state index contributed by atoms with van der Waals surface area (Å²) in [6.07, 6.45) is 0. The molecule has 93 valence electrons. The van der Waals surface area contributed by atoms with E-state index in [0.29, 0.717) is 0 Å². The fourth-order valence-electron chi connectivity index (χ4n) is 1.89. The van der Waals surface area contributed by atoms with Gasteiger partial charge in [0.2, 0.25) is 0 Å². The Balaban J connectivity index is 1.96. The van der Waals surface area contributed by atoms with Crippen LogP contribution in [0.3, 0.4) is 0 Å². The topological polar surface area (TPSA) is 9.23 Å². The van der Waals surface area contributed by atoms with E-state index in [1.165, 1.54) is 8.79 Å². The van der Waals surface area contributed by atoms with Gasteiger partial charge in [0.1, 0.15) is 0 Å². The first-order chi connectivity index (χ1) is 9.43. The second-order valence-corrected chi connectivity index (χ2v) is 9.24. The maximum atomic E-state index is 6.31. The molecule has 1 nitrogen and oxygen atoms in total. The number of hydrogen-bond acceptors (Lipinski definition) is 2. The van der Waals surface area contributed by atoms with Gasteiger partial charge >= 0.3 is 122 Å². The van der Waals surface area contributed by atoms with Gasteiger partial charge in [-0.2, -0.15) is 0 Å². The van der Waals surface area contributed by atoms with E-state index in [-0.39, 0.29) is 0 Å². The van der Waals surface area contributed by atoms with E-state index in [0.717, 1.165) is 5.06 Å². The predicted octanol–water partition coefficient (Wildman–Crippen LogP) is 2.93. The summed E-state index contributed by atoms with van der Waals surface area (Å²) in [4.78, 5) is 0. The van der Waals surface area contributed by atoms with E-state index < -0.39 is 14.7 Å². The van der Waals surface area contributed by atoms with Crippen LogP contribution in [0.4, 0.5) is 0 Å². The fraction of sp³-hybridized carbons (Fsp3) is 0. The molecular weight excluding hydrogens is 313 g/mol. The summed E-state index contributed by atoms with van der Waals surface area (Å²) >= 11 is -0.288. The van der Waals surface area contributed by atoms with Crippen LogP contribution in [0.1, 0.15) is 0 Å². The fourth-order valence-corrected chi connectivity index (χ4v) is 6.95. The molecule has 0 amide bonds. The molecule has 0 atom stereocenters. The number of thiophene rings is 1. The normalized spacial score (nSPS) is 10.6. The molecule has 0 saturated heterocycles. The van der Waals surface area contributed by atoms with Gasteiger partial charge in [-0.15, -0.1) is 0 Å². The Morgan fingerprint density at radius 1 is 0.684 bits per heavy atom. The van der Waals surface area contributed by atoms with Gasteiger partial charge in [-0.05, 0) is 0 Å². The van der Waals surface area contributed by atoms with Crippen LogP contribution in [0.5, 0.6) is 5.06 Å². The van der Waals surface area contributed by atoms with Crippen LogP contribution < -0.4 is 12.6 Å². The molecule has 0 saturated carbocycles. The van der Waals surface area contributed by atoms with Gasteiger partial charge in [0.25, 0.3) is 0 Å². The number of hydrogen-bond donors (Lipinski definition) is 0. The van der Waals surface area contributed by atoms with Crippen molar-refractivity contribution in [3.8, 4) is 5.06 Å². The number of benzene rings is 2. The zero-order valence-corrected chi connectivity index (χ0v) is 13.2. The molecule has 0 aliphatic heterocycles. The molecule has 0 N–H and O–H groups in total. The minimum atomic E-state index is -1.95. The third kappa shape index (κ3) is 3.08. The van der Waals surface area contributed by atoms with Crippen LogP contribution in [-0.4, -0.2) is 14.7 Å². The van der Waals surface area contributed by atoms with E-state index in [4.69, 9.17) is 3.76 Å². The van der Waals surface area contributed by atoms with Crippen molar-refractivity contribution in [2.24, 2.45) is 0 Å². The molecule has 0 spiro atoms. The van der Waals surface area contributed by atoms with E-state index in [1.807, 2.05) is 12.1 Å². The van der Waals surface area contributed by atoms with Crippen molar-refractivity contribution in [1.29, 1.82) is 0 Å². The molecule has 3 rings (SSSR count). The average Bonchev–Trinajstić information content (AvgIpc) is 3.00. The molecule has 0 unspecified atom stereocenters. The summed E-state index contributed by atoms with van der Waals surface area (Å²) in [6, 6.07) is 25.2. The van der Waals surface area contributed by atoms with Gasteiger partial charge in [0.05, 0.1) is 0 Å². The van der Waals surface area contributed by atoms with Crippen molar-refractivity contribution in [2.75, 3.05) is 0 Å². The van der Waals surface area contributed by atoms with E-state index in [9.17, 15) is 0 Å². The van der Waals surface area contributed by atoms with Crippen LogP contribution in [0.15, 0.2) is 78.2 Å². The van der Waals surface area contributed by atoms with Gasteiger partial charge in [0, 0.05) is 0 Å². The first-order valence-corrected chi connectivity index (χ1v) is 9.96. The van der Waals surface area contributed by atoms with Gasteiger partial charge in [-0.25, -0.2) is 0 Å². The molecule has 0 bridgehead atoms. The van der Waals surface area contributed by atoms with Crippen molar-refractivity contribution < 1.29 is 3.76 Å². The summed E-state index contributed by atoms with van der Waals surface area (Å²) in [5.41, 5.74) is 0. The van der Waals surface area contributed by atoms with Crippen molar-refractivity contribution in [2.45, 2.75) is 0 Å². The Kier molecular flexibility index (Phi) is 4.01. The number of rotatable bonds is 4. The molecule has 0 aliphatic carbocycles. The molecule has 3 aromatic rings. The molecule has 1 heterocycles. The van der Waals surface area contributed by atoms with Crippen LogP contribution in [0, 0.1) is 0 Å². The quantitative estimate of drug-likeness (QED) is 0.670. The SMILES string of the molecule is c1cc[c]([Ge]([O]c2cccs2)[c]2ccccc2)cc1.